The van der Waals surface area contributed by atoms with Gasteiger partial charge in [-0.05, 0) is 18.2 Å². The van der Waals surface area contributed by atoms with E-state index < -0.39 is 11.8 Å². The Morgan fingerprint density at radius 3 is 2.53 bits per heavy atom. The summed E-state index contributed by atoms with van der Waals surface area (Å²) in [7, 11) is 0. The van der Waals surface area contributed by atoms with Crippen LogP contribution < -0.4 is 24.4 Å². The highest BCUT2D eigenvalue weighted by atomic mass is 16.7. The summed E-state index contributed by atoms with van der Waals surface area (Å²) in [5.41, 5.74) is 2.17. The minimum Gasteiger partial charge on any atom is -0.454 e. The number of carbonyl (C=O) groups is 3. The van der Waals surface area contributed by atoms with Gasteiger partial charge in [-0.25, -0.2) is 0 Å². The number of hydrogen-bond acceptors (Lipinski definition) is 7. The number of amides is 2. The minimum absolute atomic E-state index is 0.218. The van der Waals surface area contributed by atoms with Crippen LogP contribution in [0.2, 0.25) is 0 Å². The molecule has 30 heavy (non-hydrogen) atoms. The van der Waals surface area contributed by atoms with Gasteiger partial charge in [0.15, 0.2) is 11.5 Å². The first-order valence-corrected chi connectivity index (χ1v) is 9.65. The Kier molecular flexibility index (Phi) is 4.42. The molecule has 0 bridgehead atoms. The predicted molar refractivity (Wildman–Crippen MR) is 106 cm³/mol. The lowest BCUT2D eigenvalue weighted by molar-refractivity contribution is -0.143. The zero-order chi connectivity index (χ0) is 20.7. The summed E-state index contributed by atoms with van der Waals surface area (Å²) in [5, 5.41) is 2.59. The van der Waals surface area contributed by atoms with Crippen molar-refractivity contribution >= 4 is 29.2 Å². The molecule has 154 valence electrons. The van der Waals surface area contributed by atoms with E-state index in [2.05, 4.69) is 10.2 Å². The van der Waals surface area contributed by atoms with Crippen molar-refractivity contribution in [3.05, 3.63) is 42.0 Å². The molecular weight excluding hydrogens is 390 g/mol. The van der Waals surface area contributed by atoms with Gasteiger partial charge in [-0.1, -0.05) is 6.07 Å². The van der Waals surface area contributed by atoms with E-state index in [-0.39, 0.29) is 19.2 Å². The summed E-state index contributed by atoms with van der Waals surface area (Å²) in [4.78, 5) is 40.0. The van der Waals surface area contributed by atoms with E-state index in [1.807, 2.05) is 18.2 Å². The van der Waals surface area contributed by atoms with Crippen LogP contribution in [0.15, 0.2) is 36.4 Å². The van der Waals surface area contributed by atoms with Crippen molar-refractivity contribution in [2.75, 3.05) is 43.2 Å². The fourth-order valence-electron chi connectivity index (χ4n) is 3.77. The van der Waals surface area contributed by atoms with E-state index in [9.17, 15) is 14.4 Å². The lowest BCUT2D eigenvalue weighted by atomic mass is 10.1. The molecule has 1 N–H and O–H groups in total. The van der Waals surface area contributed by atoms with Crippen LogP contribution in [0.1, 0.15) is 5.56 Å². The third-order valence-electron chi connectivity index (χ3n) is 5.37. The van der Waals surface area contributed by atoms with Crippen LogP contribution in [0.25, 0.3) is 0 Å². The Morgan fingerprint density at radius 2 is 1.70 bits per heavy atom. The summed E-state index contributed by atoms with van der Waals surface area (Å²) >= 11 is 0. The van der Waals surface area contributed by atoms with E-state index in [1.165, 1.54) is 4.90 Å². The number of esters is 1. The number of piperazine rings is 1. The van der Waals surface area contributed by atoms with Crippen molar-refractivity contribution in [1.82, 2.24) is 4.90 Å². The number of benzene rings is 2. The van der Waals surface area contributed by atoms with Crippen molar-refractivity contribution in [1.29, 1.82) is 0 Å². The summed E-state index contributed by atoms with van der Waals surface area (Å²) < 4.78 is 15.8. The van der Waals surface area contributed by atoms with E-state index >= 15 is 0 Å². The van der Waals surface area contributed by atoms with Crippen LogP contribution in [-0.2, 0) is 20.8 Å². The van der Waals surface area contributed by atoms with Crippen molar-refractivity contribution in [3.8, 4) is 17.2 Å². The van der Waals surface area contributed by atoms with Gasteiger partial charge >= 0.3 is 17.8 Å². The molecule has 3 aliphatic heterocycles. The second-order valence-electron chi connectivity index (χ2n) is 7.24. The van der Waals surface area contributed by atoms with Crippen LogP contribution in [0.3, 0.4) is 0 Å². The number of rotatable bonds is 2. The highest BCUT2D eigenvalue weighted by molar-refractivity contribution is 6.39. The summed E-state index contributed by atoms with van der Waals surface area (Å²) in [6.07, 6.45) is 0.218. The molecule has 2 aromatic carbocycles. The Bertz CT molecular complexity index is 1050. The zero-order valence-electron chi connectivity index (χ0n) is 16.1. The molecule has 0 saturated carbocycles. The second-order valence-corrected chi connectivity index (χ2v) is 7.24. The maximum Gasteiger partial charge on any atom is 0.315 e. The molecule has 9 heteroatoms. The second kappa shape index (κ2) is 7.25. The lowest BCUT2D eigenvalue weighted by Crippen LogP contribution is -2.51. The summed E-state index contributed by atoms with van der Waals surface area (Å²) in [6.45, 7) is 2.30. The van der Waals surface area contributed by atoms with Crippen LogP contribution in [-0.4, -0.2) is 55.7 Å². The number of ether oxygens (including phenoxy) is 3. The number of nitrogens with zero attached hydrogens (tertiary/aromatic N) is 2. The average molecular weight is 409 g/mol. The predicted octanol–water partition coefficient (Wildman–Crippen LogP) is 1.16. The number of nitrogens with one attached hydrogen (secondary N) is 1. The van der Waals surface area contributed by atoms with E-state index in [4.69, 9.17) is 14.2 Å². The minimum atomic E-state index is -0.712. The third kappa shape index (κ3) is 3.38. The molecule has 0 aromatic heterocycles. The number of anilines is 2. The lowest BCUT2D eigenvalue weighted by Gasteiger charge is -2.35. The van der Waals surface area contributed by atoms with Gasteiger partial charge in [0.2, 0.25) is 6.79 Å². The SMILES string of the molecule is O=C1Cc2ccc(NC(=O)C(=O)N3CCN(c4ccc5c(c4)OCO5)CC3)cc2O1. The first kappa shape index (κ1) is 18.3. The zero-order valence-corrected chi connectivity index (χ0v) is 16.1. The Balaban J connectivity index is 1.18. The quantitative estimate of drug-likeness (QED) is 0.452. The molecule has 1 fully saturated rings. The van der Waals surface area contributed by atoms with Crippen molar-refractivity contribution in [3.63, 3.8) is 0 Å². The monoisotopic (exact) mass is 409 g/mol. The first-order chi connectivity index (χ1) is 14.6. The Labute approximate surface area is 172 Å². The van der Waals surface area contributed by atoms with Gasteiger partial charge in [-0.15, -0.1) is 0 Å². The van der Waals surface area contributed by atoms with Gasteiger partial charge in [0, 0.05) is 55.2 Å². The van der Waals surface area contributed by atoms with Gasteiger partial charge in [0.05, 0.1) is 6.42 Å². The van der Waals surface area contributed by atoms with E-state index in [1.54, 1.807) is 18.2 Å². The molecule has 0 spiro atoms. The molecule has 3 aliphatic rings. The third-order valence-corrected chi connectivity index (χ3v) is 5.37. The molecule has 2 amide bonds. The van der Waals surface area contributed by atoms with Crippen molar-refractivity contribution < 1.29 is 28.6 Å². The number of hydrogen-bond donors (Lipinski definition) is 1. The van der Waals surface area contributed by atoms with Gasteiger partial charge in [-0.3, -0.25) is 14.4 Å². The molecule has 0 atom stereocenters. The summed E-state index contributed by atoms with van der Waals surface area (Å²) in [5.74, 6) is 0.233. The van der Waals surface area contributed by atoms with Crippen molar-refractivity contribution in [2.24, 2.45) is 0 Å². The average Bonchev–Trinajstić information content (AvgIpc) is 3.37. The van der Waals surface area contributed by atoms with Crippen LogP contribution >= 0.6 is 0 Å². The van der Waals surface area contributed by atoms with Gasteiger partial charge < -0.3 is 29.3 Å². The Morgan fingerprint density at radius 1 is 0.900 bits per heavy atom. The highest BCUT2D eigenvalue weighted by Gasteiger charge is 2.28. The van der Waals surface area contributed by atoms with Gasteiger partial charge in [-0.2, -0.15) is 0 Å². The molecule has 5 rings (SSSR count). The van der Waals surface area contributed by atoms with Crippen LogP contribution in [0, 0.1) is 0 Å². The summed E-state index contributed by atoms with van der Waals surface area (Å²) in [6, 6.07) is 10.7. The normalized spacial score (nSPS) is 16.9. The fraction of sp³-hybridized carbons (Fsp3) is 0.286. The van der Waals surface area contributed by atoms with Gasteiger partial charge in [0.25, 0.3) is 0 Å². The Hall–Kier alpha value is -3.75. The molecule has 0 radical (unpaired) electrons. The molecule has 2 aromatic rings. The largest absolute Gasteiger partial charge is 0.454 e. The smallest absolute Gasteiger partial charge is 0.315 e. The molecule has 0 aliphatic carbocycles. The first-order valence-electron chi connectivity index (χ1n) is 9.65. The van der Waals surface area contributed by atoms with Crippen LogP contribution in [0.5, 0.6) is 17.2 Å². The number of carbonyl (C=O) groups excluding carboxylic acids is 3. The number of fused-ring (bicyclic) bond motifs is 2. The fourth-order valence-corrected chi connectivity index (χ4v) is 3.77. The molecule has 3 heterocycles. The highest BCUT2D eigenvalue weighted by Crippen LogP contribution is 2.35. The standard InChI is InChI=1S/C21H19N3O6/c25-19-9-13-1-2-14(10-17(13)30-19)22-20(26)21(27)24-7-5-23(6-8-24)15-3-4-16-18(11-15)29-12-28-16/h1-4,10-11H,5-9,12H2,(H,22,26). The van der Waals surface area contributed by atoms with Gasteiger partial charge in [0.1, 0.15) is 5.75 Å². The molecule has 0 unspecified atom stereocenters. The maximum atomic E-state index is 12.6. The van der Waals surface area contributed by atoms with E-state index in [0.29, 0.717) is 43.4 Å². The molecular formula is C21H19N3O6. The molecule has 9 nitrogen and oxygen atoms in total. The topological polar surface area (TPSA) is 97.4 Å². The van der Waals surface area contributed by atoms with E-state index in [0.717, 1.165) is 17.0 Å². The molecule has 1 saturated heterocycles. The maximum absolute atomic E-state index is 12.6. The van der Waals surface area contributed by atoms with Crippen LogP contribution in [0.4, 0.5) is 11.4 Å². The van der Waals surface area contributed by atoms with Crippen molar-refractivity contribution in [2.45, 2.75) is 6.42 Å².